The molecule has 0 spiro atoms. The molecule has 0 N–H and O–H groups in total. The molecule has 1 aromatic heterocycles. The van der Waals surface area contributed by atoms with Crippen molar-refractivity contribution < 1.29 is 0 Å². The lowest BCUT2D eigenvalue weighted by molar-refractivity contribution is 0.801. The van der Waals surface area contributed by atoms with Gasteiger partial charge in [-0.2, -0.15) is 5.26 Å². The van der Waals surface area contributed by atoms with E-state index >= 15 is 0 Å². The fourth-order valence-electron chi connectivity index (χ4n) is 2.62. The topological polar surface area (TPSA) is 54.5 Å². The number of aromatic nitrogens is 3. The standard InChI is InChI=1S/C18H16N4/c1-12-5-4-6-15(10-12)18-16(11-19)20-21-22(18)17-8-7-13(2)9-14(17)3/h4-10H,1-3H3. The summed E-state index contributed by atoms with van der Waals surface area (Å²) >= 11 is 0. The third-order valence-corrected chi connectivity index (χ3v) is 3.65. The summed E-state index contributed by atoms with van der Waals surface area (Å²) in [4.78, 5) is 0. The van der Waals surface area contributed by atoms with Gasteiger partial charge in [-0.3, -0.25) is 0 Å². The van der Waals surface area contributed by atoms with Crippen LogP contribution in [-0.4, -0.2) is 15.0 Å². The molecule has 108 valence electrons. The summed E-state index contributed by atoms with van der Waals surface area (Å²) in [7, 11) is 0. The van der Waals surface area contributed by atoms with Crippen LogP contribution < -0.4 is 0 Å². The van der Waals surface area contributed by atoms with Crippen LogP contribution in [-0.2, 0) is 0 Å². The third-order valence-electron chi connectivity index (χ3n) is 3.65. The molecule has 3 aromatic rings. The van der Waals surface area contributed by atoms with Gasteiger partial charge in [0.15, 0.2) is 5.69 Å². The van der Waals surface area contributed by atoms with E-state index in [1.54, 1.807) is 4.68 Å². The molecule has 4 nitrogen and oxygen atoms in total. The summed E-state index contributed by atoms with van der Waals surface area (Å²) in [5.74, 6) is 0. The van der Waals surface area contributed by atoms with E-state index in [9.17, 15) is 5.26 Å². The van der Waals surface area contributed by atoms with E-state index in [2.05, 4.69) is 29.4 Å². The normalized spacial score (nSPS) is 10.5. The van der Waals surface area contributed by atoms with Crippen molar-refractivity contribution in [1.29, 1.82) is 5.26 Å². The van der Waals surface area contributed by atoms with Gasteiger partial charge in [0, 0.05) is 5.56 Å². The Balaban J connectivity index is 2.26. The van der Waals surface area contributed by atoms with Gasteiger partial charge in [0.05, 0.1) is 5.69 Å². The van der Waals surface area contributed by atoms with Crippen LogP contribution in [0.25, 0.3) is 16.9 Å². The van der Waals surface area contributed by atoms with Crippen molar-refractivity contribution >= 4 is 0 Å². The Morgan fingerprint density at radius 1 is 1.00 bits per heavy atom. The molecule has 0 aliphatic heterocycles. The molecule has 3 rings (SSSR count). The van der Waals surface area contributed by atoms with E-state index in [0.717, 1.165) is 28.1 Å². The Labute approximate surface area is 129 Å². The molecule has 4 heteroatoms. The highest BCUT2D eigenvalue weighted by Gasteiger charge is 2.17. The number of nitrogens with zero attached hydrogens (tertiary/aromatic N) is 4. The largest absolute Gasteiger partial charge is 0.211 e. The van der Waals surface area contributed by atoms with Gasteiger partial charge >= 0.3 is 0 Å². The molecule has 0 radical (unpaired) electrons. The van der Waals surface area contributed by atoms with Gasteiger partial charge in [-0.15, -0.1) is 5.10 Å². The average Bonchev–Trinajstić information content (AvgIpc) is 2.91. The first kappa shape index (κ1) is 14.0. The Morgan fingerprint density at radius 2 is 1.77 bits per heavy atom. The van der Waals surface area contributed by atoms with E-state index in [1.165, 1.54) is 5.56 Å². The fourth-order valence-corrected chi connectivity index (χ4v) is 2.62. The molecule has 0 fully saturated rings. The predicted molar refractivity (Wildman–Crippen MR) is 85.7 cm³/mol. The molecule has 22 heavy (non-hydrogen) atoms. The summed E-state index contributed by atoms with van der Waals surface area (Å²) in [6, 6.07) is 16.3. The number of benzene rings is 2. The molecule has 0 amide bonds. The van der Waals surface area contributed by atoms with Crippen LogP contribution in [0.3, 0.4) is 0 Å². The lowest BCUT2D eigenvalue weighted by Crippen LogP contribution is -2.02. The SMILES string of the molecule is Cc1cccc(-c2c(C#N)nnn2-c2ccc(C)cc2C)c1. The smallest absolute Gasteiger partial charge is 0.191 e. The van der Waals surface area contributed by atoms with Crippen molar-refractivity contribution in [2.24, 2.45) is 0 Å². The van der Waals surface area contributed by atoms with E-state index in [4.69, 9.17) is 0 Å². The van der Waals surface area contributed by atoms with Crippen molar-refractivity contribution in [3.05, 3.63) is 64.8 Å². The van der Waals surface area contributed by atoms with Crippen molar-refractivity contribution in [2.75, 3.05) is 0 Å². The van der Waals surface area contributed by atoms with Crippen LogP contribution in [0, 0.1) is 32.1 Å². The summed E-state index contributed by atoms with van der Waals surface area (Å²) in [6.07, 6.45) is 0. The van der Waals surface area contributed by atoms with E-state index in [1.807, 2.05) is 50.2 Å². The third kappa shape index (κ3) is 2.38. The Kier molecular flexibility index (Phi) is 3.48. The molecular formula is C18H16N4. The number of hydrogen-bond donors (Lipinski definition) is 0. The lowest BCUT2D eigenvalue weighted by atomic mass is 10.1. The second-order valence-electron chi connectivity index (χ2n) is 5.47. The second-order valence-corrected chi connectivity index (χ2v) is 5.47. The van der Waals surface area contributed by atoms with Crippen LogP contribution in [0.4, 0.5) is 0 Å². The lowest BCUT2D eigenvalue weighted by Gasteiger charge is -2.10. The summed E-state index contributed by atoms with van der Waals surface area (Å²) in [5, 5.41) is 17.6. The van der Waals surface area contributed by atoms with Crippen LogP contribution >= 0.6 is 0 Å². The summed E-state index contributed by atoms with van der Waals surface area (Å²) in [6.45, 7) is 6.12. The van der Waals surface area contributed by atoms with Gasteiger partial charge in [0.25, 0.3) is 0 Å². The van der Waals surface area contributed by atoms with Crippen molar-refractivity contribution in [1.82, 2.24) is 15.0 Å². The maximum Gasteiger partial charge on any atom is 0.191 e. The molecule has 0 aliphatic rings. The molecule has 0 unspecified atom stereocenters. The minimum absolute atomic E-state index is 0.338. The fraction of sp³-hybridized carbons (Fsp3) is 0.167. The molecule has 0 aliphatic carbocycles. The molecule has 0 saturated heterocycles. The quantitative estimate of drug-likeness (QED) is 0.722. The maximum atomic E-state index is 9.36. The van der Waals surface area contributed by atoms with Gasteiger partial charge in [-0.05, 0) is 38.5 Å². The minimum Gasteiger partial charge on any atom is -0.211 e. The maximum absolute atomic E-state index is 9.36. The van der Waals surface area contributed by atoms with Crippen molar-refractivity contribution in [3.63, 3.8) is 0 Å². The Hall–Kier alpha value is -2.93. The first-order chi connectivity index (χ1) is 10.6. The molecule has 0 saturated carbocycles. The van der Waals surface area contributed by atoms with Crippen molar-refractivity contribution in [2.45, 2.75) is 20.8 Å². The molecular weight excluding hydrogens is 272 g/mol. The molecule has 0 bridgehead atoms. The highest BCUT2D eigenvalue weighted by atomic mass is 15.4. The molecule has 1 heterocycles. The first-order valence-electron chi connectivity index (χ1n) is 7.10. The zero-order valence-electron chi connectivity index (χ0n) is 12.8. The Bertz CT molecular complexity index is 884. The Morgan fingerprint density at radius 3 is 2.45 bits per heavy atom. The molecule has 2 aromatic carbocycles. The van der Waals surface area contributed by atoms with Gasteiger partial charge in [0.1, 0.15) is 11.8 Å². The monoisotopic (exact) mass is 288 g/mol. The second kappa shape index (κ2) is 5.45. The van der Waals surface area contributed by atoms with Crippen LogP contribution in [0.5, 0.6) is 0 Å². The number of hydrogen-bond acceptors (Lipinski definition) is 3. The number of aryl methyl sites for hydroxylation is 3. The van der Waals surface area contributed by atoms with Gasteiger partial charge in [-0.25, -0.2) is 4.68 Å². The van der Waals surface area contributed by atoms with E-state index in [0.29, 0.717) is 5.69 Å². The van der Waals surface area contributed by atoms with Gasteiger partial charge < -0.3 is 0 Å². The molecule has 0 atom stereocenters. The highest BCUT2D eigenvalue weighted by molar-refractivity contribution is 5.68. The predicted octanol–water partition coefficient (Wildman–Crippen LogP) is 3.73. The summed E-state index contributed by atoms with van der Waals surface area (Å²) in [5.41, 5.74) is 6.39. The number of nitriles is 1. The van der Waals surface area contributed by atoms with E-state index in [-0.39, 0.29) is 0 Å². The zero-order chi connectivity index (χ0) is 15.7. The van der Waals surface area contributed by atoms with Crippen LogP contribution in [0.15, 0.2) is 42.5 Å². The van der Waals surface area contributed by atoms with Crippen LogP contribution in [0.1, 0.15) is 22.4 Å². The average molecular weight is 288 g/mol. The summed E-state index contributed by atoms with van der Waals surface area (Å²) < 4.78 is 1.75. The van der Waals surface area contributed by atoms with Gasteiger partial charge in [0.2, 0.25) is 0 Å². The van der Waals surface area contributed by atoms with Crippen molar-refractivity contribution in [3.8, 4) is 23.0 Å². The number of rotatable bonds is 2. The highest BCUT2D eigenvalue weighted by Crippen LogP contribution is 2.27. The van der Waals surface area contributed by atoms with Crippen LogP contribution in [0.2, 0.25) is 0 Å². The first-order valence-corrected chi connectivity index (χ1v) is 7.10. The van der Waals surface area contributed by atoms with E-state index < -0.39 is 0 Å². The minimum atomic E-state index is 0.338. The van der Waals surface area contributed by atoms with Gasteiger partial charge in [-0.1, -0.05) is 46.7 Å². The zero-order valence-corrected chi connectivity index (χ0v) is 12.8.